The van der Waals surface area contributed by atoms with Gasteiger partial charge in [-0.1, -0.05) is 61.5 Å². The molecular weight excluding hydrogens is 592 g/mol. The molecule has 1 aliphatic heterocycles. The summed E-state index contributed by atoms with van der Waals surface area (Å²) in [5.74, 6) is 1.18. The number of benzene rings is 4. The molecule has 0 bridgehead atoms. The highest BCUT2D eigenvalue weighted by molar-refractivity contribution is 6.00. The molecule has 5 rings (SSSR count). The summed E-state index contributed by atoms with van der Waals surface area (Å²) in [6.07, 6.45) is -0.156. The van der Waals surface area contributed by atoms with Crippen molar-refractivity contribution >= 4 is 23.3 Å². The molecule has 47 heavy (non-hydrogen) atoms. The minimum Gasteiger partial charge on any atom is -0.497 e. The van der Waals surface area contributed by atoms with E-state index in [-0.39, 0.29) is 37.0 Å². The number of amides is 3. The molecule has 9 nitrogen and oxygen atoms in total. The Balaban J connectivity index is 1.32. The second-order valence-electron chi connectivity index (χ2n) is 12.3. The first kappa shape index (κ1) is 33.5. The first-order chi connectivity index (χ1) is 22.7. The van der Waals surface area contributed by atoms with Crippen molar-refractivity contribution in [2.75, 3.05) is 44.5 Å². The summed E-state index contributed by atoms with van der Waals surface area (Å²) < 4.78 is 11.9. The number of carbonyl (C=O) groups is 2. The fourth-order valence-electron chi connectivity index (χ4n) is 5.81. The van der Waals surface area contributed by atoms with E-state index in [0.29, 0.717) is 41.5 Å². The van der Waals surface area contributed by atoms with Crippen LogP contribution in [0.2, 0.25) is 0 Å². The van der Waals surface area contributed by atoms with Crippen LogP contribution in [0.3, 0.4) is 0 Å². The molecule has 3 atom stereocenters. The third-order valence-electron chi connectivity index (χ3n) is 8.53. The summed E-state index contributed by atoms with van der Waals surface area (Å²) in [6.45, 7) is 5.61. The number of nitrogens with one attached hydrogen (secondary N) is 2. The van der Waals surface area contributed by atoms with Gasteiger partial charge in [0, 0.05) is 42.5 Å². The number of anilines is 2. The lowest BCUT2D eigenvalue weighted by molar-refractivity contribution is -0.134. The van der Waals surface area contributed by atoms with Gasteiger partial charge in [-0.25, -0.2) is 4.79 Å². The monoisotopic (exact) mass is 636 g/mol. The third-order valence-corrected chi connectivity index (χ3v) is 8.53. The van der Waals surface area contributed by atoms with Crippen LogP contribution < -0.4 is 20.1 Å². The van der Waals surface area contributed by atoms with Crippen LogP contribution in [0.4, 0.5) is 16.2 Å². The van der Waals surface area contributed by atoms with Crippen LogP contribution in [0.5, 0.6) is 11.5 Å². The standard InChI is InChI=1S/C38H44N4O5/c1-26-22-42(27(2)25-43)37(44)21-31-20-33(40-38(45)39-32-14-17-34(46-4)18-15-32)16-19-35(31)47-36(26)24-41(3)23-28-10-12-30(13-11-28)29-8-6-5-7-9-29/h5-20,26-27,36,43H,21-25H2,1-4H3,(H2,39,40,45)/t26-,27+,36+/m1/s1. The van der Waals surface area contributed by atoms with Crippen LogP contribution in [0.15, 0.2) is 97.1 Å². The predicted octanol–water partition coefficient (Wildman–Crippen LogP) is 6.29. The highest BCUT2D eigenvalue weighted by Gasteiger charge is 2.31. The normalized spacial score (nSPS) is 17.1. The van der Waals surface area contributed by atoms with Gasteiger partial charge in [0.25, 0.3) is 0 Å². The van der Waals surface area contributed by atoms with Crippen molar-refractivity contribution in [3.05, 3.63) is 108 Å². The number of aliphatic hydroxyl groups excluding tert-OH is 1. The molecule has 9 heteroatoms. The number of ether oxygens (including phenoxy) is 2. The highest BCUT2D eigenvalue weighted by Crippen LogP contribution is 2.30. The molecule has 1 aliphatic rings. The average Bonchev–Trinajstić information content (AvgIpc) is 3.12. The predicted molar refractivity (Wildman–Crippen MR) is 186 cm³/mol. The van der Waals surface area contributed by atoms with Crippen LogP contribution in [-0.4, -0.2) is 72.8 Å². The number of carbonyl (C=O) groups excluding carboxylic acids is 2. The highest BCUT2D eigenvalue weighted by atomic mass is 16.5. The molecule has 0 aromatic heterocycles. The van der Waals surface area contributed by atoms with Crippen molar-refractivity contribution in [1.29, 1.82) is 0 Å². The van der Waals surface area contributed by atoms with E-state index >= 15 is 0 Å². The maximum Gasteiger partial charge on any atom is 0.323 e. The second kappa shape index (κ2) is 15.6. The van der Waals surface area contributed by atoms with Gasteiger partial charge in [-0.2, -0.15) is 0 Å². The molecule has 3 amide bonds. The SMILES string of the molecule is COc1ccc(NC(=O)Nc2ccc3c(c2)CC(=O)N([C@@H](C)CO)C[C@@H](C)[C@H](CN(C)Cc2ccc(-c4ccccc4)cc2)O3)cc1. The van der Waals surface area contributed by atoms with Gasteiger partial charge in [-0.05, 0) is 73.1 Å². The number of nitrogens with zero attached hydrogens (tertiary/aromatic N) is 2. The number of aliphatic hydroxyl groups is 1. The van der Waals surface area contributed by atoms with E-state index in [4.69, 9.17) is 9.47 Å². The van der Waals surface area contributed by atoms with Crippen molar-refractivity contribution in [2.45, 2.75) is 39.0 Å². The number of urea groups is 1. The molecule has 0 unspecified atom stereocenters. The summed E-state index contributed by atoms with van der Waals surface area (Å²) in [4.78, 5) is 30.4. The van der Waals surface area contributed by atoms with Crippen molar-refractivity contribution in [1.82, 2.24) is 9.80 Å². The number of methoxy groups -OCH3 is 1. The fraction of sp³-hybridized carbons (Fsp3) is 0.316. The Labute approximate surface area is 277 Å². The van der Waals surface area contributed by atoms with E-state index in [2.05, 4.69) is 65.9 Å². The lowest BCUT2D eigenvalue weighted by atomic mass is 10.0. The minimum atomic E-state index is -0.411. The maximum atomic E-state index is 13.6. The zero-order valence-electron chi connectivity index (χ0n) is 27.5. The number of likely N-dealkylation sites (N-methyl/N-ethyl adjacent to an activating group) is 1. The Morgan fingerprint density at radius 3 is 2.32 bits per heavy atom. The molecule has 0 saturated carbocycles. The first-order valence-electron chi connectivity index (χ1n) is 16.0. The van der Waals surface area contributed by atoms with Gasteiger partial charge in [-0.3, -0.25) is 9.69 Å². The van der Waals surface area contributed by atoms with Crippen molar-refractivity contribution in [2.24, 2.45) is 5.92 Å². The van der Waals surface area contributed by atoms with Gasteiger partial charge in [0.15, 0.2) is 0 Å². The molecule has 0 fully saturated rings. The number of hydrogen-bond donors (Lipinski definition) is 3. The molecule has 0 radical (unpaired) electrons. The van der Waals surface area contributed by atoms with Crippen LogP contribution >= 0.6 is 0 Å². The minimum absolute atomic E-state index is 0.0186. The summed E-state index contributed by atoms with van der Waals surface area (Å²) in [7, 11) is 3.66. The van der Waals surface area contributed by atoms with Gasteiger partial charge in [0.2, 0.25) is 5.91 Å². The number of rotatable bonds is 10. The zero-order valence-corrected chi connectivity index (χ0v) is 27.5. The lowest BCUT2D eigenvalue weighted by Crippen LogP contribution is -2.47. The number of hydrogen-bond acceptors (Lipinski definition) is 6. The molecule has 246 valence electrons. The van der Waals surface area contributed by atoms with E-state index < -0.39 is 6.03 Å². The summed E-state index contributed by atoms with van der Waals surface area (Å²) in [5, 5.41) is 15.7. The molecular formula is C38H44N4O5. The fourth-order valence-corrected chi connectivity index (χ4v) is 5.81. The molecule has 0 spiro atoms. The van der Waals surface area contributed by atoms with Crippen LogP contribution in [0.25, 0.3) is 11.1 Å². The van der Waals surface area contributed by atoms with E-state index in [9.17, 15) is 14.7 Å². The van der Waals surface area contributed by atoms with E-state index in [1.54, 1.807) is 48.4 Å². The van der Waals surface area contributed by atoms with Crippen LogP contribution in [-0.2, 0) is 17.8 Å². The van der Waals surface area contributed by atoms with Crippen molar-refractivity contribution in [3.63, 3.8) is 0 Å². The molecule has 0 saturated heterocycles. The van der Waals surface area contributed by atoms with E-state index in [1.165, 1.54) is 16.7 Å². The number of fused-ring (bicyclic) bond motifs is 1. The van der Waals surface area contributed by atoms with Gasteiger partial charge in [0.1, 0.15) is 17.6 Å². The van der Waals surface area contributed by atoms with E-state index in [0.717, 1.165) is 6.54 Å². The Morgan fingerprint density at radius 1 is 0.979 bits per heavy atom. The Kier molecular flexibility index (Phi) is 11.1. The molecule has 4 aromatic rings. The van der Waals surface area contributed by atoms with Gasteiger partial charge >= 0.3 is 6.03 Å². The Morgan fingerprint density at radius 2 is 1.64 bits per heavy atom. The average molecular weight is 637 g/mol. The smallest absolute Gasteiger partial charge is 0.323 e. The first-order valence-corrected chi connectivity index (χ1v) is 16.0. The third kappa shape index (κ3) is 8.90. The Hall–Kier alpha value is -4.86. The van der Waals surface area contributed by atoms with Crippen LogP contribution in [0.1, 0.15) is 25.0 Å². The lowest BCUT2D eigenvalue weighted by Gasteiger charge is -2.34. The summed E-state index contributed by atoms with van der Waals surface area (Å²) in [6, 6.07) is 30.6. The van der Waals surface area contributed by atoms with Gasteiger partial charge < -0.3 is 30.1 Å². The summed E-state index contributed by atoms with van der Waals surface area (Å²) >= 11 is 0. The summed E-state index contributed by atoms with van der Waals surface area (Å²) in [5.41, 5.74) is 5.38. The van der Waals surface area contributed by atoms with E-state index in [1.807, 2.05) is 31.2 Å². The molecule has 3 N–H and O–H groups in total. The Bertz CT molecular complexity index is 1630. The molecule has 4 aromatic carbocycles. The van der Waals surface area contributed by atoms with Gasteiger partial charge in [-0.15, -0.1) is 0 Å². The van der Waals surface area contributed by atoms with Crippen LogP contribution in [0, 0.1) is 5.92 Å². The molecule has 1 heterocycles. The van der Waals surface area contributed by atoms with Gasteiger partial charge in [0.05, 0.1) is 26.2 Å². The second-order valence-corrected chi connectivity index (χ2v) is 12.3. The molecule has 0 aliphatic carbocycles. The topological polar surface area (TPSA) is 103 Å². The van der Waals surface area contributed by atoms with Crippen molar-refractivity contribution in [3.8, 4) is 22.6 Å². The van der Waals surface area contributed by atoms with Crippen molar-refractivity contribution < 1.29 is 24.2 Å². The zero-order chi connectivity index (χ0) is 33.3. The maximum absolute atomic E-state index is 13.6. The quantitative estimate of drug-likeness (QED) is 0.189. The largest absolute Gasteiger partial charge is 0.497 e.